The number of anilines is 1. The number of hydrogen-bond acceptors (Lipinski definition) is 3. The van der Waals surface area contributed by atoms with Crippen LogP contribution in [0.1, 0.15) is 11.1 Å². The second-order valence-electron chi connectivity index (χ2n) is 4.34. The van der Waals surface area contributed by atoms with E-state index < -0.39 is 28.9 Å². The van der Waals surface area contributed by atoms with Crippen molar-refractivity contribution < 1.29 is 26.0 Å². The molecule has 1 aromatic rings. The third-order valence-corrected chi connectivity index (χ3v) is 4.19. The summed E-state index contributed by atoms with van der Waals surface area (Å²) in [4.78, 5) is -0.344. The van der Waals surface area contributed by atoms with E-state index in [9.17, 15) is 26.0 Å². The van der Waals surface area contributed by atoms with Gasteiger partial charge in [0.05, 0.1) is 11.4 Å². The average molecular weight is 314 g/mol. The predicted octanol–water partition coefficient (Wildman–Crippen LogP) is 2.06. The van der Waals surface area contributed by atoms with Crippen molar-refractivity contribution >= 4 is 15.7 Å². The maximum atomic E-state index is 12.7. The van der Waals surface area contributed by atoms with E-state index in [1.807, 2.05) is 0 Å². The predicted molar refractivity (Wildman–Crippen MR) is 66.5 cm³/mol. The number of hydrogen-bond donors (Lipinski definition) is 2. The molecule has 0 amide bonds. The van der Waals surface area contributed by atoms with E-state index in [2.05, 4.69) is 0 Å². The molecule has 4 nitrogen and oxygen atoms in total. The van der Waals surface area contributed by atoms with Crippen molar-refractivity contribution in [3.63, 3.8) is 0 Å². The van der Waals surface area contributed by atoms with Crippen LogP contribution in [0.15, 0.2) is 17.0 Å². The van der Waals surface area contributed by atoms with Crippen molar-refractivity contribution in [1.29, 1.82) is 0 Å². The lowest BCUT2D eigenvalue weighted by molar-refractivity contribution is -0.122. The molecular formula is C11H14F4N2O2S. The van der Waals surface area contributed by atoms with Gasteiger partial charge in [-0.05, 0) is 37.1 Å². The zero-order chi connectivity index (χ0) is 15.7. The fourth-order valence-corrected chi connectivity index (χ4v) is 2.52. The summed E-state index contributed by atoms with van der Waals surface area (Å²) in [6, 6.07) is 2.32. The minimum atomic E-state index is -4.43. The number of halogens is 4. The lowest BCUT2D eigenvalue weighted by Gasteiger charge is -2.16. The molecule has 0 saturated carbocycles. The highest BCUT2D eigenvalue weighted by Gasteiger charge is 2.41. The van der Waals surface area contributed by atoms with Gasteiger partial charge in [0.15, 0.2) is 0 Å². The first kappa shape index (κ1) is 16.7. The largest absolute Gasteiger partial charge is 0.398 e. The minimum Gasteiger partial charge on any atom is -0.398 e. The van der Waals surface area contributed by atoms with E-state index in [1.54, 1.807) is 13.8 Å². The van der Waals surface area contributed by atoms with Gasteiger partial charge >= 0.3 is 12.3 Å². The van der Waals surface area contributed by atoms with Gasteiger partial charge in [0.2, 0.25) is 10.0 Å². The zero-order valence-electron chi connectivity index (χ0n) is 10.8. The second kappa shape index (κ2) is 5.57. The van der Waals surface area contributed by atoms with E-state index in [4.69, 9.17) is 5.73 Å². The van der Waals surface area contributed by atoms with Gasteiger partial charge in [0.1, 0.15) is 0 Å². The lowest BCUT2D eigenvalue weighted by atomic mass is 10.1. The molecule has 0 fully saturated rings. The monoisotopic (exact) mass is 314 g/mol. The molecular weight excluding hydrogens is 300 g/mol. The smallest absolute Gasteiger partial charge is 0.320 e. The van der Waals surface area contributed by atoms with Crippen molar-refractivity contribution in [1.82, 2.24) is 4.72 Å². The van der Waals surface area contributed by atoms with Crippen molar-refractivity contribution in [2.75, 3.05) is 12.3 Å². The summed E-state index contributed by atoms with van der Waals surface area (Å²) in [7, 11) is -4.33. The number of alkyl halides is 4. The Hall–Kier alpha value is -1.35. The molecule has 0 aliphatic rings. The fourth-order valence-electron chi connectivity index (χ4n) is 1.36. The topological polar surface area (TPSA) is 72.2 Å². The van der Waals surface area contributed by atoms with Crippen LogP contribution in [-0.4, -0.2) is 27.3 Å². The normalized spacial score (nSPS) is 12.9. The van der Waals surface area contributed by atoms with Crippen molar-refractivity contribution in [2.24, 2.45) is 0 Å². The number of rotatable bonds is 5. The van der Waals surface area contributed by atoms with Crippen LogP contribution in [0.25, 0.3) is 0 Å². The Morgan fingerprint density at radius 3 is 2.30 bits per heavy atom. The minimum absolute atomic E-state index is 0.172. The van der Waals surface area contributed by atoms with Gasteiger partial charge in [-0.1, -0.05) is 0 Å². The molecule has 0 aromatic heterocycles. The summed E-state index contributed by atoms with van der Waals surface area (Å²) in [5, 5.41) is 0. The molecule has 3 N–H and O–H groups in total. The molecule has 1 aromatic carbocycles. The molecule has 0 unspecified atom stereocenters. The van der Waals surface area contributed by atoms with Crippen LogP contribution < -0.4 is 10.5 Å². The van der Waals surface area contributed by atoms with E-state index in [1.165, 1.54) is 10.8 Å². The first-order valence-corrected chi connectivity index (χ1v) is 6.98. The summed E-state index contributed by atoms with van der Waals surface area (Å²) in [5.41, 5.74) is 6.96. The Balaban J connectivity index is 3.01. The van der Waals surface area contributed by atoms with Crippen molar-refractivity contribution in [3.05, 3.63) is 23.3 Å². The first-order chi connectivity index (χ1) is 8.97. The molecule has 0 aliphatic heterocycles. The summed E-state index contributed by atoms with van der Waals surface area (Å²) in [6.45, 7) is 1.58. The number of sulfonamides is 1. The number of nitrogen functional groups attached to an aromatic ring is 1. The summed E-state index contributed by atoms with van der Waals surface area (Å²) >= 11 is 0. The highest BCUT2D eigenvalue weighted by Crippen LogP contribution is 2.24. The van der Waals surface area contributed by atoms with E-state index in [0.29, 0.717) is 11.1 Å². The Bertz CT molecular complexity index is 579. The van der Waals surface area contributed by atoms with Gasteiger partial charge < -0.3 is 5.73 Å². The number of nitrogens with two attached hydrogens (primary N) is 1. The van der Waals surface area contributed by atoms with Crippen molar-refractivity contribution in [2.45, 2.75) is 31.1 Å². The van der Waals surface area contributed by atoms with Gasteiger partial charge in [-0.3, -0.25) is 0 Å². The quantitative estimate of drug-likeness (QED) is 0.645. The van der Waals surface area contributed by atoms with Crippen LogP contribution in [0.3, 0.4) is 0 Å². The Morgan fingerprint density at radius 2 is 1.85 bits per heavy atom. The number of benzene rings is 1. The number of aryl methyl sites for hydroxylation is 1. The highest BCUT2D eigenvalue weighted by molar-refractivity contribution is 7.89. The van der Waals surface area contributed by atoms with E-state index in [0.717, 1.165) is 6.07 Å². The third kappa shape index (κ3) is 3.60. The van der Waals surface area contributed by atoms with Gasteiger partial charge in [-0.25, -0.2) is 21.9 Å². The third-order valence-electron chi connectivity index (χ3n) is 2.81. The summed E-state index contributed by atoms with van der Waals surface area (Å²) in [6.07, 6.45) is -3.95. The molecule has 20 heavy (non-hydrogen) atoms. The van der Waals surface area contributed by atoms with Gasteiger partial charge in [-0.15, -0.1) is 0 Å². The Labute approximate surface area is 114 Å². The average Bonchev–Trinajstić information content (AvgIpc) is 2.33. The highest BCUT2D eigenvalue weighted by atomic mass is 32.2. The molecule has 1 rings (SSSR count). The maximum absolute atomic E-state index is 12.7. The molecule has 9 heteroatoms. The van der Waals surface area contributed by atoms with Crippen LogP contribution in [0.5, 0.6) is 0 Å². The van der Waals surface area contributed by atoms with Crippen LogP contribution in [0.2, 0.25) is 0 Å². The summed E-state index contributed by atoms with van der Waals surface area (Å²) in [5.74, 6) is -4.43. The summed E-state index contributed by atoms with van der Waals surface area (Å²) < 4.78 is 74.4. The van der Waals surface area contributed by atoms with Crippen molar-refractivity contribution in [3.8, 4) is 0 Å². The molecule has 0 spiro atoms. The van der Waals surface area contributed by atoms with E-state index in [-0.39, 0.29) is 10.6 Å². The van der Waals surface area contributed by atoms with Crippen LogP contribution in [0, 0.1) is 13.8 Å². The molecule has 0 heterocycles. The molecule has 0 radical (unpaired) electrons. The fraction of sp³-hybridized carbons (Fsp3) is 0.455. The van der Waals surface area contributed by atoms with Gasteiger partial charge in [0, 0.05) is 5.69 Å². The second-order valence-corrected chi connectivity index (χ2v) is 6.11. The zero-order valence-corrected chi connectivity index (χ0v) is 11.6. The Morgan fingerprint density at radius 1 is 1.30 bits per heavy atom. The van der Waals surface area contributed by atoms with Gasteiger partial charge in [-0.2, -0.15) is 8.78 Å². The lowest BCUT2D eigenvalue weighted by Crippen LogP contribution is -2.41. The number of nitrogens with one attached hydrogen (secondary N) is 1. The first-order valence-electron chi connectivity index (χ1n) is 5.50. The molecule has 0 bridgehead atoms. The van der Waals surface area contributed by atoms with E-state index >= 15 is 0 Å². The molecule has 0 atom stereocenters. The molecule has 0 saturated heterocycles. The molecule has 0 aliphatic carbocycles. The Kier molecular flexibility index (Phi) is 4.65. The van der Waals surface area contributed by atoms with Crippen LogP contribution in [0.4, 0.5) is 23.2 Å². The van der Waals surface area contributed by atoms with Gasteiger partial charge in [0.25, 0.3) is 0 Å². The standard InChI is InChI=1S/C11H14F4N2O2S/c1-6-3-8(4-9(16)7(6)2)20(18,19)17-5-11(14,15)10(12)13/h3-4,10,17H,5,16H2,1-2H3. The maximum Gasteiger partial charge on any atom is 0.320 e. The van der Waals surface area contributed by atoms with Crippen LogP contribution in [-0.2, 0) is 10.0 Å². The molecule has 114 valence electrons. The SMILES string of the molecule is Cc1cc(S(=O)(=O)NCC(F)(F)C(F)F)cc(N)c1C. The van der Waals surface area contributed by atoms with Crippen LogP contribution >= 0.6 is 0 Å².